The molecule has 0 bridgehead atoms. The van der Waals surface area contributed by atoms with Gasteiger partial charge in [0.2, 0.25) is 15.9 Å². The fourth-order valence-electron chi connectivity index (χ4n) is 2.21. The second kappa shape index (κ2) is 8.73. The average Bonchev–Trinajstić information content (AvgIpc) is 2.62. The van der Waals surface area contributed by atoms with Crippen molar-refractivity contribution in [3.05, 3.63) is 65.5 Å². The first kappa shape index (κ1) is 19.1. The van der Waals surface area contributed by atoms with E-state index >= 15 is 0 Å². The van der Waals surface area contributed by atoms with Gasteiger partial charge < -0.3 is 5.32 Å². The fourth-order valence-corrected chi connectivity index (χ4v) is 3.19. The number of halogens is 1. The van der Waals surface area contributed by atoms with E-state index in [-0.39, 0.29) is 17.3 Å². The number of nitrogens with one attached hydrogen (secondary N) is 2. The van der Waals surface area contributed by atoms with Crippen LogP contribution in [0.25, 0.3) is 0 Å². The minimum atomic E-state index is -3.71. The molecule has 0 aliphatic heterocycles. The number of rotatable bonds is 8. The predicted octanol–water partition coefficient (Wildman–Crippen LogP) is 2.03. The molecule has 0 fully saturated rings. The molecule has 0 saturated heterocycles. The molecule has 7 heteroatoms. The monoisotopic (exact) mass is 364 g/mol. The van der Waals surface area contributed by atoms with Crippen LogP contribution in [0.3, 0.4) is 0 Å². The van der Waals surface area contributed by atoms with Crippen molar-refractivity contribution in [1.82, 2.24) is 10.0 Å². The second-order valence-corrected chi connectivity index (χ2v) is 7.32. The van der Waals surface area contributed by atoms with Crippen LogP contribution >= 0.6 is 0 Å². The van der Waals surface area contributed by atoms with E-state index in [0.717, 1.165) is 17.5 Å². The Morgan fingerprint density at radius 3 is 2.20 bits per heavy atom. The number of benzene rings is 2. The molecule has 0 aliphatic rings. The summed E-state index contributed by atoms with van der Waals surface area (Å²) in [5, 5.41) is 2.63. The van der Waals surface area contributed by atoms with Gasteiger partial charge in [0.25, 0.3) is 0 Å². The van der Waals surface area contributed by atoms with Crippen molar-refractivity contribution < 1.29 is 17.6 Å². The van der Waals surface area contributed by atoms with Crippen molar-refractivity contribution in [3.8, 4) is 0 Å². The average molecular weight is 364 g/mol. The van der Waals surface area contributed by atoms with Crippen molar-refractivity contribution in [2.75, 3.05) is 13.1 Å². The molecule has 0 unspecified atom stereocenters. The molecule has 2 aromatic rings. The van der Waals surface area contributed by atoms with E-state index in [9.17, 15) is 17.6 Å². The van der Waals surface area contributed by atoms with Gasteiger partial charge in [-0.1, -0.05) is 31.2 Å². The summed E-state index contributed by atoms with van der Waals surface area (Å²) >= 11 is 0. The van der Waals surface area contributed by atoms with Crippen LogP contribution in [0.2, 0.25) is 0 Å². The molecule has 2 aromatic carbocycles. The highest BCUT2D eigenvalue weighted by molar-refractivity contribution is 7.89. The maximum absolute atomic E-state index is 12.8. The molecular weight excluding hydrogens is 343 g/mol. The molecule has 0 radical (unpaired) electrons. The van der Waals surface area contributed by atoms with E-state index in [4.69, 9.17) is 0 Å². The summed E-state index contributed by atoms with van der Waals surface area (Å²) in [7, 11) is -3.71. The lowest BCUT2D eigenvalue weighted by atomic mass is 10.1. The second-order valence-electron chi connectivity index (χ2n) is 5.55. The number of carbonyl (C=O) groups excluding carboxylic acids is 1. The third-order valence-corrected chi connectivity index (χ3v) is 5.13. The van der Waals surface area contributed by atoms with Gasteiger partial charge >= 0.3 is 0 Å². The lowest BCUT2D eigenvalue weighted by Crippen LogP contribution is -2.37. The molecule has 0 spiro atoms. The summed E-state index contributed by atoms with van der Waals surface area (Å²) in [5.41, 5.74) is 1.93. The molecule has 25 heavy (non-hydrogen) atoms. The smallest absolute Gasteiger partial charge is 0.241 e. The van der Waals surface area contributed by atoms with Crippen LogP contribution in [0.1, 0.15) is 18.1 Å². The third-order valence-electron chi connectivity index (χ3n) is 3.71. The minimum absolute atomic E-state index is 0.129. The topological polar surface area (TPSA) is 75.3 Å². The maximum Gasteiger partial charge on any atom is 0.241 e. The van der Waals surface area contributed by atoms with Crippen molar-refractivity contribution in [1.29, 1.82) is 0 Å². The Bertz CT molecular complexity index is 803. The molecular formula is C18H21FN2O3S. The van der Waals surface area contributed by atoms with Gasteiger partial charge in [0.1, 0.15) is 5.82 Å². The Kier molecular flexibility index (Phi) is 6.66. The zero-order valence-electron chi connectivity index (χ0n) is 14.0. The maximum atomic E-state index is 12.8. The first-order valence-electron chi connectivity index (χ1n) is 8.00. The minimum Gasteiger partial charge on any atom is -0.355 e. The van der Waals surface area contributed by atoms with E-state index in [2.05, 4.69) is 10.0 Å². The summed E-state index contributed by atoms with van der Waals surface area (Å²) in [4.78, 5) is 11.9. The van der Waals surface area contributed by atoms with Crippen molar-refractivity contribution in [3.63, 3.8) is 0 Å². The van der Waals surface area contributed by atoms with Gasteiger partial charge in [-0.05, 0) is 48.2 Å². The van der Waals surface area contributed by atoms with Crippen molar-refractivity contribution in [2.24, 2.45) is 0 Å². The molecule has 0 saturated carbocycles. The Morgan fingerprint density at radius 2 is 1.60 bits per heavy atom. The van der Waals surface area contributed by atoms with Crippen LogP contribution in [0, 0.1) is 5.82 Å². The number of hydrogen-bond donors (Lipinski definition) is 2. The zero-order chi connectivity index (χ0) is 18.3. The van der Waals surface area contributed by atoms with Crippen LogP contribution in [0.5, 0.6) is 0 Å². The van der Waals surface area contributed by atoms with Crippen LogP contribution in [0.15, 0.2) is 53.4 Å². The molecule has 0 aliphatic carbocycles. The van der Waals surface area contributed by atoms with Crippen LogP contribution in [0.4, 0.5) is 4.39 Å². The van der Waals surface area contributed by atoms with E-state index in [0.29, 0.717) is 13.0 Å². The van der Waals surface area contributed by atoms with Gasteiger partial charge in [0, 0.05) is 6.54 Å². The van der Waals surface area contributed by atoms with Gasteiger partial charge in [0.05, 0.1) is 11.4 Å². The summed E-state index contributed by atoms with van der Waals surface area (Å²) in [6, 6.07) is 12.5. The van der Waals surface area contributed by atoms with E-state index < -0.39 is 15.9 Å². The number of aryl methyl sites for hydroxylation is 1. The van der Waals surface area contributed by atoms with Crippen LogP contribution < -0.4 is 10.0 Å². The molecule has 5 nitrogen and oxygen atoms in total. The highest BCUT2D eigenvalue weighted by Gasteiger charge is 2.15. The summed E-state index contributed by atoms with van der Waals surface area (Å²) < 4.78 is 39.3. The largest absolute Gasteiger partial charge is 0.355 e. The summed E-state index contributed by atoms with van der Waals surface area (Å²) in [5.74, 6) is -0.731. The van der Waals surface area contributed by atoms with Crippen molar-refractivity contribution in [2.45, 2.75) is 24.7 Å². The molecule has 2 rings (SSSR count). The first-order valence-corrected chi connectivity index (χ1v) is 9.49. The zero-order valence-corrected chi connectivity index (χ0v) is 14.8. The molecule has 1 amide bonds. The molecule has 0 heterocycles. The third kappa shape index (κ3) is 5.95. The Morgan fingerprint density at radius 1 is 1.00 bits per heavy atom. The highest BCUT2D eigenvalue weighted by atomic mass is 32.2. The number of sulfonamides is 1. The molecule has 0 aromatic heterocycles. The molecule has 0 atom stereocenters. The number of hydrogen-bond acceptors (Lipinski definition) is 3. The van der Waals surface area contributed by atoms with E-state index in [1.165, 1.54) is 24.3 Å². The van der Waals surface area contributed by atoms with Crippen molar-refractivity contribution >= 4 is 15.9 Å². The van der Waals surface area contributed by atoms with Gasteiger partial charge in [-0.3, -0.25) is 4.79 Å². The predicted molar refractivity (Wildman–Crippen MR) is 94.1 cm³/mol. The highest BCUT2D eigenvalue weighted by Crippen LogP contribution is 2.10. The lowest BCUT2D eigenvalue weighted by Gasteiger charge is -2.08. The van der Waals surface area contributed by atoms with E-state index in [1.54, 1.807) is 24.3 Å². The van der Waals surface area contributed by atoms with Crippen LogP contribution in [-0.2, 0) is 27.7 Å². The SMILES string of the molecule is CCc1ccc(S(=O)(=O)NCC(=O)NCCc2ccc(F)cc2)cc1. The van der Waals surface area contributed by atoms with Gasteiger partial charge in [-0.25, -0.2) is 17.5 Å². The number of amides is 1. The first-order chi connectivity index (χ1) is 11.9. The normalized spacial score (nSPS) is 11.3. The summed E-state index contributed by atoms with van der Waals surface area (Å²) in [6.45, 7) is 2.00. The van der Waals surface area contributed by atoms with Gasteiger partial charge in [0.15, 0.2) is 0 Å². The Labute approximate surface area is 147 Å². The van der Waals surface area contributed by atoms with Gasteiger partial charge in [-0.15, -0.1) is 0 Å². The standard InChI is InChI=1S/C18H21FN2O3S/c1-2-14-5-9-17(10-6-14)25(23,24)21-13-18(22)20-12-11-15-3-7-16(19)8-4-15/h3-10,21H,2,11-13H2,1H3,(H,20,22). The fraction of sp³-hybridized carbons (Fsp3) is 0.278. The van der Waals surface area contributed by atoms with Gasteiger partial charge in [-0.2, -0.15) is 0 Å². The molecule has 134 valence electrons. The number of carbonyl (C=O) groups is 1. The Balaban J connectivity index is 1.79. The van der Waals surface area contributed by atoms with Crippen LogP contribution in [-0.4, -0.2) is 27.4 Å². The quantitative estimate of drug-likeness (QED) is 0.753. The lowest BCUT2D eigenvalue weighted by molar-refractivity contribution is -0.119. The Hall–Kier alpha value is -2.25. The molecule has 2 N–H and O–H groups in total. The summed E-state index contributed by atoms with van der Waals surface area (Å²) in [6.07, 6.45) is 1.36. The van der Waals surface area contributed by atoms with E-state index in [1.807, 2.05) is 6.92 Å².